The third-order valence-corrected chi connectivity index (χ3v) is 5.63. The van der Waals surface area contributed by atoms with E-state index in [4.69, 9.17) is 5.73 Å². The van der Waals surface area contributed by atoms with Gasteiger partial charge in [0.05, 0.1) is 0 Å². The van der Waals surface area contributed by atoms with Crippen LogP contribution in [-0.4, -0.2) is 12.5 Å². The van der Waals surface area contributed by atoms with Gasteiger partial charge in [-0.2, -0.15) is 0 Å². The van der Waals surface area contributed by atoms with E-state index in [1.807, 2.05) is 30.3 Å². The first-order valence-electron chi connectivity index (χ1n) is 8.82. The predicted molar refractivity (Wildman–Crippen MR) is 96.4 cm³/mol. The van der Waals surface area contributed by atoms with E-state index in [2.05, 4.69) is 5.32 Å². The molecule has 2 aliphatic carbocycles. The Morgan fingerprint density at radius 1 is 1.09 bits per heavy atom. The molecule has 0 spiro atoms. The van der Waals surface area contributed by atoms with Crippen molar-refractivity contribution in [2.75, 3.05) is 6.54 Å². The molecule has 3 N–H and O–H groups in total. The molecule has 4 heteroatoms. The molecule has 23 heavy (non-hydrogen) atoms. The minimum atomic E-state index is -0.115. The van der Waals surface area contributed by atoms with E-state index in [9.17, 15) is 4.79 Å². The molecule has 1 aromatic rings. The second kappa shape index (κ2) is 8.70. The van der Waals surface area contributed by atoms with Crippen LogP contribution >= 0.6 is 12.4 Å². The number of carbonyl (C=O) groups is 1. The number of fused-ring (bicyclic) bond motifs is 1. The molecule has 2 fully saturated rings. The molecule has 3 rings (SSSR count). The topological polar surface area (TPSA) is 55.1 Å². The van der Waals surface area contributed by atoms with Crippen LogP contribution in [0.3, 0.4) is 0 Å². The first-order valence-corrected chi connectivity index (χ1v) is 8.82. The van der Waals surface area contributed by atoms with Crippen molar-refractivity contribution in [2.45, 2.75) is 51.0 Å². The van der Waals surface area contributed by atoms with Crippen molar-refractivity contribution in [3.63, 3.8) is 0 Å². The normalized spacial score (nSPS) is 28.1. The fraction of sp³-hybridized carbons (Fsp3) is 0.632. The number of rotatable bonds is 4. The quantitative estimate of drug-likeness (QED) is 0.877. The Balaban J connectivity index is 0.00000192. The van der Waals surface area contributed by atoms with Crippen molar-refractivity contribution in [3.8, 4) is 0 Å². The number of carbonyl (C=O) groups excluding carboxylic acids is 1. The Morgan fingerprint density at radius 2 is 1.78 bits per heavy atom. The lowest BCUT2D eigenvalue weighted by Crippen LogP contribution is -2.39. The van der Waals surface area contributed by atoms with Crippen LogP contribution in [0, 0.1) is 17.8 Å². The summed E-state index contributed by atoms with van der Waals surface area (Å²) >= 11 is 0. The molecule has 0 aromatic heterocycles. The number of hydrogen-bond acceptors (Lipinski definition) is 2. The number of hydrogen-bond donors (Lipinski definition) is 2. The molecule has 0 aliphatic heterocycles. The van der Waals surface area contributed by atoms with E-state index < -0.39 is 0 Å². The highest BCUT2D eigenvalue weighted by molar-refractivity contribution is 5.85. The summed E-state index contributed by atoms with van der Waals surface area (Å²) in [7, 11) is 0. The Kier molecular flexibility index (Phi) is 6.91. The highest BCUT2D eigenvalue weighted by atomic mass is 35.5. The second-order valence-electron chi connectivity index (χ2n) is 7.08. The highest BCUT2D eigenvalue weighted by Crippen LogP contribution is 2.42. The Hall–Kier alpha value is -1.06. The molecule has 1 aromatic carbocycles. The van der Waals surface area contributed by atoms with Gasteiger partial charge < -0.3 is 11.1 Å². The van der Waals surface area contributed by atoms with Crippen molar-refractivity contribution in [1.29, 1.82) is 0 Å². The standard InChI is InChI=1S/C19H28N2O.ClH/c20-18(15-7-2-1-3-8-15)13-21-19(22)17-11-10-14-6-4-5-9-16(14)12-17;/h1-3,7-8,14,16-18H,4-6,9-13,20H2,(H,21,22);1H. The average Bonchev–Trinajstić information content (AvgIpc) is 2.59. The molecule has 2 saturated carbocycles. The van der Waals surface area contributed by atoms with Crippen LogP contribution in [0.15, 0.2) is 30.3 Å². The van der Waals surface area contributed by atoms with E-state index in [0.717, 1.165) is 30.2 Å². The minimum Gasteiger partial charge on any atom is -0.354 e. The molecule has 1 amide bonds. The van der Waals surface area contributed by atoms with Crippen LogP contribution in [0.2, 0.25) is 0 Å². The van der Waals surface area contributed by atoms with Gasteiger partial charge in [0.2, 0.25) is 5.91 Å². The molecule has 0 saturated heterocycles. The number of benzene rings is 1. The van der Waals surface area contributed by atoms with Gasteiger partial charge in [-0.25, -0.2) is 0 Å². The zero-order chi connectivity index (χ0) is 15.4. The summed E-state index contributed by atoms with van der Waals surface area (Å²) in [5.41, 5.74) is 7.25. The minimum absolute atomic E-state index is 0. The number of nitrogens with two attached hydrogens (primary N) is 1. The van der Waals surface area contributed by atoms with Gasteiger partial charge in [0.15, 0.2) is 0 Å². The largest absolute Gasteiger partial charge is 0.354 e. The highest BCUT2D eigenvalue weighted by Gasteiger charge is 2.34. The summed E-state index contributed by atoms with van der Waals surface area (Å²) < 4.78 is 0. The van der Waals surface area contributed by atoms with Gasteiger partial charge in [-0.15, -0.1) is 12.4 Å². The van der Waals surface area contributed by atoms with Crippen LogP contribution in [0.4, 0.5) is 0 Å². The first kappa shape index (κ1) is 18.3. The summed E-state index contributed by atoms with van der Waals surface area (Å²) in [4.78, 5) is 12.4. The smallest absolute Gasteiger partial charge is 0.223 e. The molecule has 0 radical (unpaired) electrons. The van der Waals surface area contributed by atoms with Crippen LogP contribution in [0.25, 0.3) is 0 Å². The molecule has 4 atom stereocenters. The van der Waals surface area contributed by atoms with Crippen LogP contribution in [0.1, 0.15) is 56.6 Å². The zero-order valence-electron chi connectivity index (χ0n) is 13.7. The molecular weight excluding hydrogens is 308 g/mol. The molecule has 128 valence electrons. The van der Waals surface area contributed by atoms with Gasteiger partial charge in [-0.1, -0.05) is 56.0 Å². The lowest BCUT2D eigenvalue weighted by atomic mass is 9.67. The molecule has 4 unspecified atom stereocenters. The van der Waals surface area contributed by atoms with Crippen LogP contribution in [0.5, 0.6) is 0 Å². The van der Waals surface area contributed by atoms with Crippen LogP contribution < -0.4 is 11.1 Å². The van der Waals surface area contributed by atoms with Gasteiger partial charge in [-0.3, -0.25) is 4.79 Å². The second-order valence-corrected chi connectivity index (χ2v) is 7.08. The van der Waals surface area contributed by atoms with Crippen molar-refractivity contribution in [3.05, 3.63) is 35.9 Å². The van der Waals surface area contributed by atoms with Crippen molar-refractivity contribution < 1.29 is 4.79 Å². The third-order valence-electron chi connectivity index (χ3n) is 5.63. The lowest BCUT2D eigenvalue weighted by molar-refractivity contribution is -0.127. The van der Waals surface area contributed by atoms with Gasteiger partial charge in [0, 0.05) is 18.5 Å². The maximum atomic E-state index is 12.4. The third kappa shape index (κ3) is 4.71. The summed E-state index contributed by atoms with van der Waals surface area (Å²) in [5, 5.41) is 3.08. The molecular formula is C19H29ClN2O. The summed E-state index contributed by atoms with van der Waals surface area (Å²) in [6.07, 6.45) is 8.87. The van der Waals surface area contributed by atoms with E-state index in [1.165, 1.54) is 32.1 Å². The molecule has 3 nitrogen and oxygen atoms in total. The first-order chi connectivity index (χ1) is 10.7. The van der Waals surface area contributed by atoms with Crippen molar-refractivity contribution in [2.24, 2.45) is 23.5 Å². The number of nitrogens with one attached hydrogen (secondary N) is 1. The van der Waals surface area contributed by atoms with E-state index in [-0.39, 0.29) is 30.3 Å². The fourth-order valence-corrected chi connectivity index (χ4v) is 4.28. The van der Waals surface area contributed by atoms with Crippen molar-refractivity contribution in [1.82, 2.24) is 5.32 Å². The zero-order valence-corrected chi connectivity index (χ0v) is 14.6. The summed E-state index contributed by atoms with van der Waals surface area (Å²) in [6.45, 7) is 0.535. The Bertz CT molecular complexity index is 493. The SMILES string of the molecule is Cl.NC(CNC(=O)C1CCC2CCCCC2C1)c1ccccc1. The molecule has 0 bridgehead atoms. The van der Waals surface area contributed by atoms with E-state index in [1.54, 1.807) is 0 Å². The average molecular weight is 337 g/mol. The molecule has 2 aliphatic rings. The van der Waals surface area contributed by atoms with Crippen molar-refractivity contribution >= 4 is 18.3 Å². The monoisotopic (exact) mass is 336 g/mol. The Labute approximate surface area is 145 Å². The Morgan fingerprint density at radius 3 is 2.52 bits per heavy atom. The predicted octanol–water partition coefficient (Wildman–Crippen LogP) is 3.83. The number of amides is 1. The van der Waals surface area contributed by atoms with Gasteiger partial charge in [-0.05, 0) is 36.7 Å². The maximum absolute atomic E-state index is 12.4. The molecule has 0 heterocycles. The van der Waals surface area contributed by atoms with Gasteiger partial charge in [0.25, 0.3) is 0 Å². The fourth-order valence-electron chi connectivity index (χ4n) is 4.28. The van der Waals surface area contributed by atoms with E-state index >= 15 is 0 Å². The maximum Gasteiger partial charge on any atom is 0.223 e. The summed E-state index contributed by atoms with van der Waals surface area (Å²) in [5.74, 6) is 2.11. The van der Waals surface area contributed by atoms with E-state index in [0.29, 0.717) is 6.54 Å². The number of halogens is 1. The summed E-state index contributed by atoms with van der Waals surface area (Å²) in [6, 6.07) is 9.88. The lowest BCUT2D eigenvalue weighted by Gasteiger charge is -2.38. The van der Waals surface area contributed by atoms with Gasteiger partial charge in [0.1, 0.15) is 0 Å². The van der Waals surface area contributed by atoms with Gasteiger partial charge >= 0.3 is 0 Å². The van der Waals surface area contributed by atoms with Crippen LogP contribution in [-0.2, 0) is 4.79 Å².